The van der Waals surface area contributed by atoms with Crippen LogP contribution in [0.2, 0.25) is 36.3 Å². The first kappa shape index (κ1) is 37.3. The summed E-state index contributed by atoms with van der Waals surface area (Å²) in [5.74, 6) is 3.58. The SMILES string of the molecule is C#CC[C@H](C)C[C@H](O[Si](C)(C)C(C)(C)C)[C@@H]1O[C@]2(C[C@@H]1O[Si](C)(C)C(C)(C)C)[C@H](C)C[C@H](C)CN2C(=O)OC(C)(C)C. The van der Waals surface area contributed by atoms with Crippen LogP contribution in [0.25, 0.3) is 0 Å². The van der Waals surface area contributed by atoms with Crippen LogP contribution in [0.4, 0.5) is 4.79 Å². The van der Waals surface area contributed by atoms with Gasteiger partial charge in [-0.2, -0.15) is 0 Å². The maximum absolute atomic E-state index is 13.9. The highest BCUT2D eigenvalue weighted by atomic mass is 28.4. The fraction of sp³-hybridized carbons (Fsp3) is 0.912. The third-order valence-corrected chi connectivity index (χ3v) is 19.3. The number of hydrogen-bond donors (Lipinski definition) is 0. The molecule has 0 N–H and O–H groups in total. The van der Waals surface area contributed by atoms with Crippen LogP contribution in [-0.4, -0.2) is 63.8 Å². The lowest BCUT2D eigenvalue weighted by Crippen LogP contribution is -2.62. The highest BCUT2D eigenvalue weighted by Crippen LogP contribution is 2.51. The summed E-state index contributed by atoms with van der Waals surface area (Å²) in [6.07, 6.45) is 7.77. The first-order chi connectivity index (χ1) is 18.8. The molecule has 2 rings (SSSR count). The molecule has 7 atom stereocenters. The largest absolute Gasteiger partial charge is 0.444 e. The predicted molar refractivity (Wildman–Crippen MR) is 179 cm³/mol. The molecule has 0 bridgehead atoms. The quantitative estimate of drug-likeness (QED) is 0.199. The average Bonchev–Trinajstić information content (AvgIpc) is 3.12. The Balaban J connectivity index is 2.69. The van der Waals surface area contributed by atoms with E-state index in [-0.39, 0.29) is 46.3 Å². The molecular weight excluding hydrogens is 559 g/mol. The van der Waals surface area contributed by atoms with E-state index in [2.05, 4.69) is 94.4 Å². The lowest BCUT2D eigenvalue weighted by atomic mass is 9.80. The van der Waals surface area contributed by atoms with Gasteiger partial charge in [0, 0.05) is 25.3 Å². The maximum Gasteiger partial charge on any atom is 0.412 e. The van der Waals surface area contributed by atoms with Crippen molar-refractivity contribution in [2.24, 2.45) is 17.8 Å². The summed E-state index contributed by atoms with van der Waals surface area (Å²) >= 11 is 0. The van der Waals surface area contributed by atoms with Crippen molar-refractivity contribution in [2.75, 3.05) is 6.54 Å². The number of terminal acetylenes is 1. The van der Waals surface area contributed by atoms with Gasteiger partial charge in [-0.3, -0.25) is 4.90 Å². The van der Waals surface area contributed by atoms with E-state index in [9.17, 15) is 4.79 Å². The molecule has 0 aromatic heterocycles. The smallest absolute Gasteiger partial charge is 0.412 e. The van der Waals surface area contributed by atoms with Gasteiger partial charge in [-0.1, -0.05) is 62.3 Å². The molecule has 2 aliphatic rings. The van der Waals surface area contributed by atoms with E-state index in [1.54, 1.807) is 0 Å². The highest BCUT2D eigenvalue weighted by molar-refractivity contribution is 6.74. The van der Waals surface area contributed by atoms with Gasteiger partial charge in [-0.05, 0) is 81.7 Å². The van der Waals surface area contributed by atoms with Gasteiger partial charge in [0.1, 0.15) is 11.7 Å². The Bertz CT molecular complexity index is 970. The molecule has 0 aliphatic carbocycles. The van der Waals surface area contributed by atoms with E-state index in [4.69, 9.17) is 24.7 Å². The normalized spacial score (nSPS) is 29.4. The lowest BCUT2D eigenvalue weighted by Gasteiger charge is -2.50. The lowest BCUT2D eigenvalue weighted by molar-refractivity contribution is -0.207. The summed E-state index contributed by atoms with van der Waals surface area (Å²) in [5, 5.41) is 0.0557. The van der Waals surface area contributed by atoms with Crippen molar-refractivity contribution in [3.05, 3.63) is 0 Å². The second-order valence-electron chi connectivity index (χ2n) is 17.5. The van der Waals surface area contributed by atoms with Crippen LogP contribution < -0.4 is 0 Å². The van der Waals surface area contributed by atoms with Crippen molar-refractivity contribution in [2.45, 2.75) is 175 Å². The number of carbonyl (C=O) groups is 1. The number of hydrogen-bond acceptors (Lipinski definition) is 5. The van der Waals surface area contributed by atoms with E-state index < -0.39 is 28.0 Å². The van der Waals surface area contributed by atoms with Crippen molar-refractivity contribution < 1.29 is 23.1 Å². The minimum atomic E-state index is -2.20. The molecule has 0 aromatic rings. The van der Waals surface area contributed by atoms with E-state index >= 15 is 0 Å². The van der Waals surface area contributed by atoms with Gasteiger partial charge < -0.3 is 18.3 Å². The molecule has 6 nitrogen and oxygen atoms in total. The van der Waals surface area contributed by atoms with Crippen molar-refractivity contribution in [3.8, 4) is 12.3 Å². The third kappa shape index (κ3) is 8.65. The zero-order chi connectivity index (χ0) is 32.7. The fourth-order valence-electron chi connectivity index (χ4n) is 5.86. The van der Waals surface area contributed by atoms with Crippen LogP contribution in [-0.2, 0) is 18.3 Å². The standard InChI is InChI=1S/C34H65NO5Si2/c1-18-19-24(2)21-27(39-41(14,15)32(8,9)10)29-28(40-42(16,17)33(11,12)13)22-34(37-29)26(4)20-25(3)23-35(34)30(36)38-31(5,6)7/h1,24-29H,19-23H2,2-17H3/t24-,25-,26+,27-,28-,29-,34+/m0/s1. The summed E-state index contributed by atoms with van der Waals surface area (Å²) in [7, 11) is -4.39. The molecule has 1 amide bonds. The summed E-state index contributed by atoms with van der Waals surface area (Å²) in [6, 6.07) is 0. The number of amides is 1. The molecule has 0 saturated carbocycles. The number of ether oxygens (including phenoxy) is 2. The van der Waals surface area contributed by atoms with E-state index in [1.807, 2.05) is 25.7 Å². The van der Waals surface area contributed by atoms with Gasteiger partial charge in [-0.15, -0.1) is 12.3 Å². The van der Waals surface area contributed by atoms with Gasteiger partial charge in [-0.25, -0.2) is 4.79 Å². The van der Waals surface area contributed by atoms with Crippen molar-refractivity contribution in [1.82, 2.24) is 4.90 Å². The molecule has 2 saturated heterocycles. The zero-order valence-corrected chi connectivity index (χ0v) is 32.1. The molecule has 2 aliphatic heterocycles. The third-order valence-electron chi connectivity index (χ3n) is 10.3. The maximum atomic E-state index is 13.9. The zero-order valence-electron chi connectivity index (χ0n) is 30.1. The van der Waals surface area contributed by atoms with Crippen LogP contribution in [0.5, 0.6) is 0 Å². The van der Waals surface area contributed by atoms with Gasteiger partial charge in [0.25, 0.3) is 0 Å². The topological polar surface area (TPSA) is 57.2 Å². The molecule has 0 unspecified atom stereocenters. The highest BCUT2D eigenvalue weighted by Gasteiger charge is 2.61. The molecule has 0 aromatic carbocycles. The van der Waals surface area contributed by atoms with E-state index in [0.717, 1.165) is 12.8 Å². The Morgan fingerprint density at radius 3 is 2.05 bits per heavy atom. The Hall–Kier alpha value is -0.856. The summed E-state index contributed by atoms with van der Waals surface area (Å²) in [5.41, 5.74) is -1.42. The number of likely N-dealkylation sites (tertiary alicyclic amines) is 1. The van der Waals surface area contributed by atoms with Gasteiger partial charge in [0.15, 0.2) is 22.4 Å². The minimum Gasteiger partial charge on any atom is -0.444 e. The van der Waals surface area contributed by atoms with Crippen LogP contribution in [0.1, 0.15) is 109 Å². The van der Waals surface area contributed by atoms with Crippen molar-refractivity contribution in [1.29, 1.82) is 0 Å². The fourth-order valence-corrected chi connectivity index (χ4v) is 8.53. The first-order valence-electron chi connectivity index (χ1n) is 16.2. The molecule has 0 radical (unpaired) electrons. The minimum absolute atomic E-state index is 0.0252. The number of rotatable bonds is 8. The van der Waals surface area contributed by atoms with Crippen LogP contribution in [0, 0.1) is 30.1 Å². The summed E-state index contributed by atoms with van der Waals surface area (Å²) in [6.45, 7) is 35.9. The van der Waals surface area contributed by atoms with Crippen molar-refractivity contribution >= 4 is 22.7 Å². The molecule has 42 heavy (non-hydrogen) atoms. The number of nitrogens with zero attached hydrogens (tertiary/aromatic N) is 1. The first-order valence-corrected chi connectivity index (χ1v) is 22.1. The molecular formula is C34H65NO5Si2. The van der Waals surface area contributed by atoms with Gasteiger partial charge in [0.2, 0.25) is 0 Å². The average molecular weight is 624 g/mol. The van der Waals surface area contributed by atoms with Gasteiger partial charge in [0.05, 0.1) is 12.2 Å². The Morgan fingerprint density at radius 2 is 1.57 bits per heavy atom. The van der Waals surface area contributed by atoms with Crippen LogP contribution in [0.3, 0.4) is 0 Å². The van der Waals surface area contributed by atoms with Gasteiger partial charge >= 0.3 is 6.09 Å². The monoisotopic (exact) mass is 623 g/mol. The number of carbonyl (C=O) groups excluding carboxylic acids is 1. The van der Waals surface area contributed by atoms with Crippen LogP contribution >= 0.6 is 0 Å². The van der Waals surface area contributed by atoms with E-state index in [0.29, 0.717) is 25.3 Å². The second kappa shape index (κ2) is 12.9. The van der Waals surface area contributed by atoms with Crippen molar-refractivity contribution in [3.63, 3.8) is 0 Å². The molecule has 8 heteroatoms. The van der Waals surface area contributed by atoms with Crippen LogP contribution in [0.15, 0.2) is 0 Å². The molecule has 1 spiro atoms. The molecule has 244 valence electrons. The summed E-state index contributed by atoms with van der Waals surface area (Å²) < 4.78 is 27.8. The Morgan fingerprint density at radius 1 is 1.02 bits per heavy atom. The summed E-state index contributed by atoms with van der Waals surface area (Å²) in [4.78, 5) is 15.8. The molecule has 2 fully saturated rings. The van der Waals surface area contributed by atoms with E-state index in [1.165, 1.54) is 0 Å². The Labute approximate surface area is 261 Å². The Kier molecular flexibility index (Phi) is 11.4. The number of piperidine rings is 1. The second-order valence-corrected chi connectivity index (χ2v) is 27.1. The predicted octanol–water partition coefficient (Wildman–Crippen LogP) is 9.21. The molecule has 2 heterocycles.